The van der Waals surface area contributed by atoms with Crippen LogP contribution in [0, 0.1) is 0 Å². The number of Topliss-reactive ketones (excluding diaryl/α,β-unsaturated/α-hetero) is 1. The van der Waals surface area contributed by atoms with Crippen LogP contribution in [0.15, 0.2) is 43.0 Å². The van der Waals surface area contributed by atoms with E-state index in [4.69, 9.17) is 0 Å². The van der Waals surface area contributed by atoms with Gasteiger partial charge in [0.1, 0.15) is 5.78 Å². The number of ketones is 1. The van der Waals surface area contributed by atoms with Crippen molar-refractivity contribution in [3.05, 3.63) is 48.6 Å². The predicted octanol–water partition coefficient (Wildman–Crippen LogP) is 2.72. The van der Waals surface area contributed by atoms with Crippen LogP contribution in [0.1, 0.15) is 19.4 Å². The molecule has 0 saturated carbocycles. The zero-order valence-corrected chi connectivity index (χ0v) is 8.08. The highest BCUT2D eigenvalue weighted by Gasteiger charge is 2.27. The lowest BCUT2D eigenvalue weighted by atomic mass is 9.79. The summed E-state index contributed by atoms with van der Waals surface area (Å²) in [5.74, 6) is 0.119. The molecular formula is C12H14O. The topological polar surface area (TPSA) is 17.1 Å². The molecule has 68 valence electrons. The van der Waals surface area contributed by atoms with Crippen LogP contribution in [0.5, 0.6) is 0 Å². The average molecular weight is 174 g/mol. The second-order valence-corrected chi connectivity index (χ2v) is 3.33. The summed E-state index contributed by atoms with van der Waals surface area (Å²) in [4.78, 5) is 11.4. The van der Waals surface area contributed by atoms with Crippen LogP contribution in [-0.2, 0) is 10.2 Å². The van der Waals surface area contributed by atoms with Crippen LogP contribution in [0.4, 0.5) is 0 Å². The lowest BCUT2D eigenvalue weighted by Gasteiger charge is -2.22. The van der Waals surface area contributed by atoms with Gasteiger partial charge < -0.3 is 0 Å². The number of benzene rings is 1. The Bertz CT molecular complexity index is 313. The second-order valence-electron chi connectivity index (χ2n) is 3.33. The third kappa shape index (κ3) is 1.69. The van der Waals surface area contributed by atoms with Crippen molar-refractivity contribution >= 4 is 5.78 Å². The Kier molecular flexibility index (Phi) is 2.66. The van der Waals surface area contributed by atoms with E-state index in [9.17, 15) is 4.79 Å². The van der Waals surface area contributed by atoms with Crippen molar-refractivity contribution in [1.29, 1.82) is 0 Å². The van der Waals surface area contributed by atoms with E-state index in [0.717, 1.165) is 5.56 Å². The van der Waals surface area contributed by atoms with E-state index in [1.54, 1.807) is 13.0 Å². The molecule has 1 rings (SSSR count). The van der Waals surface area contributed by atoms with Crippen molar-refractivity contribution < 1.29 is 4.79 Å². The number of hydrogen-bond donors (Lipinski definition) is 0. The highest BCUT2D eigenvalue weighted by molar-refractivity contribution is 5.89. The van der Waals surface area contributed by atoms with E-state index >= 15 is 0 Å². The first-order valence-corrected chi connectivity index (χ1v) is 4.31. The average Bonchev–Trinajstić information content (AvgIpc) is 2.17. The third-order valence-corrected chi connectivity index (χ3v) is 2.51. The first kappa shape index (κ1) is 9.72. The zero-order valence-electron chi connectivity index (χ0n) is 8.08. The Labute approximate surface area is 79.1 Å². The quantitative estimate of drug-likeness (QED) is 0.644. The number of carbonyl (C=O) groups excluding carboxylic acids is 1. The van der Waals surface area contributed by atoms with Gasteiger partial charge in [-0.15, -0.1) is 6.58 Å². The van der Waals surface area contributed by atoms with Gasteiger partial charge >= 0.3 is 0 Å². The van der Waals surface area contributed by atoms with Gasteiger partial charge in [0.15, 0.2) is 0 Å². The summed E-state index contributed by atoms with van der Waals surface area (Å²) in [6, 6.07) is 9.69. The van der Waals surface area contributed by atoms with E-state index < -0.39 is 5.41 Å². The minimum Gasteiger partial charge on any atom is -0.299 e. The van der Waals surface area contributed by atoms with E-state index in [1.807, 2.05) is 37.3 Å². The molecule has 0 bridgehead atoms. The molecule has 0 aliphatic carbocycles. The number of hydrogen-bond acceptors (Lipinski definition) is 1. The Morgan fingerprint density at radius 3 is 2.31 bits per heavy atom. The van der Waals surface area contributed by atoms with Crippen molar-refractivity contribution in [3.63, 3.8) is 0 Å². The monoisotopic (exact) mass is 174 g/mol. The molecule has 0 aliphatic heterocycles. The molecule has 1 heteroatoms. The normalized spacial score (nSPS) is 14.6. The van der Waals surface area contributed by atoms with Crippen molar-refractivity contribution in [2.24, 2.45) is 0 Å². The van der Waals surface area contributed by atoms with Crippen molar-refractivity contribution in [2.45, 2.75) is 19.3 Å². The van der Waals surface area contributed by atoms with Gasteiger partial charge in [0.2, 0.25) is 0 Å². The summed E-state index contributed by atoms with van der Waals surface area (Å²) in [5.41, 5.74) is 0.457. The zero-order chi connectivity index (χ0) is 9.90. The second kappa shape index (κ2) is 3.56. The molecule has 0 aromatic heterocycles. The maximum atomic E-state index is 11.4. The fraction of sp³-hybridized carbons (Fsp3) is 0.250. The molecule has 0 spiro atoms. The Balaban J connectivity index is 3.18. The summed E-state index contributed by atoms with van der Waals surface area (Å²) in [5, 5.41) is 0. The highest BCUT2D eigenvalue weighted by atomic mass is 16.1. The molecule has 1 nitrogen and oxygen atoms in total. The van der Waals surface area contributed by atoms with Crippen LogP contribution in [-0.4, -0.2) is 5.78 Å². The molecule has 0 radical (unpaired) electrons. The van der Waals surface area contributed by atoms with E-state index in [0.29, 0.717) is 0 Å². The molecule has 1 aromatic carbocycles. The van der Waals surface area contributed by atoms with Gasteiger partial charge in [-0.2, -0.15) is 0 Å². The van der Waals surface area contributed by atoms with Gasteiger partial charge in [-0.3, -0.25) is 4.79 Å². The van der Waals surface area contributed by atoms with Gasteiger partial charge in [-0.05, 0) is 19.4 Å². The molecule has 0 heterocycles. The fourth-order valence-corrected chi connectivity index (χ4v) is 1.25. The molecular weight excluding hydrogens is 160 g/mol. The van der Waals surface area contributed by atoms with E-state index in [2.05, 4.69) is 6.58 Å². The molecule has 13 heavy (non-hydrogen) atoms. The van der Waals surface area contributed by atoms with Gasteiger partial charge in [0, 0.05) is 0 Å². The largest absolute Gasteiger partial charge is 0.299 e. The predicted molar refractivity (Wildman–Crippen MR) is 54.7 cm³/mol. The molecule has 0 amide bonds. The van der Waals surface area contributed by atoms with E-state index in [1.165, 1.54) is 0 Å². The Hall–Kier alpha value is -1.37. The standard InChI is InChI=1S/C12H14O/c1-4-12(3,10(2)13)11-8-6-5-7-9-11/h4-9H,1H2,2-3H3/t12-/m1/s1. The SMILES string of the molecule is C=C[C@](C)(C(C)=O)c1ccccc1. The van der Waals surface area contributed by atoms with Crippen LogP contribution in [0.2, 0.25) is 0 Å². The molecule has 0 saturated heterocycles. The van der Waals surface area contributed by atoms with Gasteiger partial charge in [-0.1, -0.05) is 36.4 Å². The maximum absolute atomic E-state index is 11.4. The highest BCUT2D eigenvalue weighted by Crippen LogP contribution is 2.25. The fourth-order valence-electron chi connectivity index (χ4n) is 1.25. The minimum absolute atomic E-state index is 0.119. The summed E-state index contributed by atoms with van der Waals surface area (Å²) in [6.07, 6.45) is 1.70. The van der Waals surface area contributed by atoms with Gasteiger partial charge in [0.25, 0.3) is 0 Å². The number of carbonyl (C=O) groups is 1. The van der Waals surface area contributed by atoms with Crippen molar-refractivity contribution in [1.82, 2.24) is 0 Å². The molecule has 0 fully saturated rings. The molecule has 0 unspecified atom stereocenters. The van der Waals surface area contributed by atoms with Crippen LogP contribution in [0.25, 0.3) is 0 Å². The maximum Gasteiger partial charge on any atom is 0.143 e. The summed E-state index contributed by atoms with van der Waals surface area (Å²) in [6.45, 7) is 7.19. The first-order valence-electron chi connectivity index (χ1n) is 4.31. The van der Waals surface area contributed by atoms with Crippen LogP contribution >= 0.6 is 0 Å². The molecule has 1 atom stereocenters. The molecule has 1 aromatic rings. The summed E-state index contributed by atoms with van der Waals surface area (Å²) in [7, 11) is 0. The molecule has 0 N–H and O–H groups in total. The van der Waals surface area contributed by atoms with Crippen molar-refractivity contribution in [2.75, 3.05) is 0 Å². The lowest BCUT2D eigenvalue weighted by molar-refractivity contribution is -0.120. The lowest BCUT2D eigenvalue weighted by Crippen LogP contribution is -2.27. The Morgan fingerprint density at radius 2 is 1.92 bits per heavy atom. The minimum atomic E-state index is -0.540. The first-order chi connectivity index (χ1) is 6.11. The smallest absolute Gasteiger partial charge is 0.143 e. The number of rotatable bonds is 3. The van der Waals surface area contributed by atoms with E-state index in [-0.39, 0.29) is 5.78 Å². The Morgan fingerprint density at radius 1 is 1.38 bits per heavy atom. The van der Waals surface area contributed by atoms with Crippen LogP contribution < -0.4 is 0 Å². The summed E-state index contributed by atoms with van der Waals surface area (Å²) < 4.78 is 0. The number of allylic oxidation sites excluding steroid dienone is 1. The molecule has 0 aliphatic rings. The van der Waals surface area contributed by atoms with Crippen LogP contribution in [0.3, 0.4) is 0 Å². The summed E-state index contributed by atoms with van der Waals surface area (Å²) >= 11 is 0. The third-order valence-electron chi connectivity index (χ3n) is 2.51. The van der Waals surface area contributed by atoms with Gasteiger partial charge in [0.05, 0.1) is 5.41 Å². The van der Waals surface area contributed by atoms with Gasteiger partial charge in [-0.25, -0.2) is 0 Å². The van der Waals surface area contributed by atoms with Crippen molar-refractivity contribution in [3.8, 4) is 0 Å².